The molecule has 0 heterocycles. The molecule has 37 heavy (non-hydrogen) atoms. The number of carbonyl (C=O) groups is 1. The molecule has 0 atom stereocenters. The number of anilines is 1. The van der Waals surface area contributed by atoms with Crippen molar-refractivity contribution < 1.29 is 31.8 Å². The predicted octanol–water partition coefficient (Wildman–Crippen LogP) is 3.75. The minimum Gasteiger partial charge on any atom is -0.493 e. The van der Waals surface area contributed by atoms with Gasteiger partial charge in [-0.2, -0.15) is 5.10 Å². The SMILES string of the molecule is C=CCOc1cccc(/C=N\NC(=O)CN(c2ccc(F)cc2)S(=O)(=O)c2ccc(OC)c(OC)c2)c1. The number of methoxy groups -OCH3 is 2. The van der Waals surface area contributed by atoms with Gasteiger partial charge in [-0.3, -0.25) is 9.10 Å². The third kappa shape index (κ3) is 7.07. The van der Waals surface area contributed by atoms with Crippen LogP contribution < -0.4 is 23.9 Å². The number of nitrogens with one attached hydrogen (secondary N) is 1. The highest BCUT2D eigenvalue weighted by Crippen LogP contribution is 2.32. The van der Waals surface area contributed by atoms with Gasteiger partial charge >= 0.3 is 0 Å². The van der Waals surface area contributed by atoms with Gasteiger partial charge in [0.2, 0.25) is 0 Å². The minimum absolute atomic E-state index is 0.0855. The summed E-state index contributed by atoms with van der Waals surface area (Å²) in [5, 5.41) is 3.91. The molecule has 194 valence electrons. The molecule has 1 amide bonds. The first-order chi connectivity index (χ1) is 17.8. The van der Waals surface area contributed by atoms with Crippen LogP contribution in [0.5, 0.6) is 17.2 Å². The molecule has 3 aromatic carbocycles. The Hall–Kier alpha value is -4.38. The highest BCUT2D eigenvalue weighted by atomic mass is 32.2. The van der Waals surface area contributed by atoms with Crippen molar-refractivity contribution in [2.45, 2.75) is 4.90 Å². The summed E-state index contributed by atoms with van der Waals surface area (Å²) in [5.74, 6) is -0.153. The Morgan fingerprint density at radius 2 is 1.78 bits per heavy atom. The molecule has 1 N–H and O–H groups in total. The van der Waals surface area contributed by atoms with Crippen LogP contribution in [-0.2, 0) is 14.8 Å². The van der Waals surface area contributed by atoms with Gasteiger partial charge < -0.3 is 14.2 Å². The molecule has 0 fully saturated rings. The lowest BCUT2D eigenvalue weighted by Crippen LogP contribution is -2.39. The van der Waals surface area contributed by atoms with Crippen molar-refractivity contribution in [1.29, 1.82) is 0 Å². The Morgan fingerprint density at radius 1 is 1.05 bits per heavy atom. The maximum atomic E-state index is 13.5. The van der Waals surface area contributed by atoms with Crippen molar-refractivity contribution in [3.8, 4) is 17.2 Å². The lowest BCUT2D eigenvalue weighted by atomic mass is 10.2. The standard InChI is InChI=1S/C26H26FN3O6S/c1-4-14-36-22-7-5-6-19(15-22)17-28-29-26(31)18-30(21-10-8-20(27)9-11-21)37(32,33)23-12-13-24(34-2)25(16-23)35-3/h4-13,15-17H,1,14,18H2,2-3H3,(H,29,31)/b28-17-. The molecule has 0 bridgehead atoms. The summed E-state index contributed by atoms with van der Waals surface area (Å²) in [6, 6.07) is 15.8. The van der Waals surface area contributed by atoms with Gasteiger partial charge in [-0.15, -0.1) is 0 Å². The van der Waals surface area contributed by atoms with Gasteiger partial charge in [0.05, 0.1) is 31.0 Å². The molecule has 0 saturated carbocycles. The van der Waals surface area contributed by atoms with Crippen LogP contribution >= 0.6 is 0 Å². The number of hydrogen-bond donors (Lipinski definition) is 1. The van der Waals surface area contributed by atoms with Gasteiger partial charge in [0, 0.05) is 6.07 Å². The third-order valence-electron chi connectivity index (χ3n) is 4.97. The number of nitrogens with zero attached hydrogens (tertiary/aromatic N) is 2. The lowest BCUT2D eigenvalue weighted by molar-refractivity contribution is -0.119. The number of ether oxygens (including phenoxy) is 3. The van der Waals surface area contributed by atoms with Gasteiger partial charge in [-0.25, -0.2) is 18.2 Å². The monoisotopic (exact) mass is 527 g/mol. The van der Waals surface area contributed by atoms with Crippen LogP contribution in [0.25, 0.3) is 0 Å². The molecule has 0 aromatic heterocycles. The molecule has 0 radical (unpaired) electrons. The van der Waals surface area contributed by atoms with Crippen molar-refractivity contribution in [3.63, 3.8) is 0 Å². The summed E-state index contributed by atoms with van der Waals surface area (Å²) >= 11 is 0. The highest BCUT2D eigenvalue weighted by molar-refractivity contribution is 7.92. The van der Waals surface area contributed by atoms with E-state index in [2.05, 4.69) is 17.1 Å². The molecule has 9 nitrogen and oxygen atoms in total. The average Bonchev–Trinajstić information content (AvgIpc) is 2.91. The number of hydrazone groups is 1. The van der Waals surface area contributed by atoms with E-state index in [0.717, 1.165) is 16.4 Å². The number of benzene rings is 3. The molecule has 11 heteroatoms. The topological polar surface area (TPSA) is 107 Å². The van der Waals surface area contributed by atoms with Crippen molar-refractivity contribution in [3.05, 3.63) is 90.8 Å². The van der Waals surface area contributed by atoms with Crippen LogP contribution in [0.2, 0.25) is 0 Å². The largest absolute Gasteiger partial charge is 0.493 e. The highest BCUT2D eigenvalue weighted by Gasteiger charge is 2.28. The molecule has 0 aliphatic heterocycles. The maximum Gasteiger partial charge on any atom is 0.264 e. The lowest BCUT2D eigenvalue weighted by Gasteiger charge is -2.24. The summed E-state index contributed by atoms with van der Waals surface area (Å²) in [5.41, 5.74) is 3.05. The van der Waals surface area contributed by atoms with Crippen LogP contribution in [0.3, 0.4) is 0 Å². The second-order valence-electron chi connectivity index (χ2n) is 7.47. The van der Waals surface area contributed by atoms with Crippen molar-refractivity contribution in [1.82, 2.24) is 5.43 Å². The van der Waals surface area contributed by atoms with Crippen LogP contribution in [0.15, 0.2) is 89.4 Å². The zero-order valence-electron chi connectivity index (χ0n) is 20.3. The number of hydrogen-bond acceptors (Lipinski definition) is 7. The number of rotatable bonds is 12. The average molecular weight is 528 g/mol. The number of sulfonamides is 1. The van der Waals surface area contributed by atoms with E-state index in [1.807, 2.05) is 0 Å². The van der Waals surface area contributed by atoms with E-state index in [4.69, 9.17) is 14.2 Å². The first-order valence-corrected chi connectivity index (χ1v) is 12.4. The molecule has 0 spiro atoms. The summed E-state index contributed by atoms with van der Waals surface area (Å²) in [7, 11) is -1.48. The van der Waals surface area contributed by atoms with Crippen molar-refractivity contribution >= 4 is 27.8 Å². The third-order valence-corrected chi connectivity index (χ3v) is 6.74. The van der Waals surface area contributed by atoms with E-state index in [0.29, 0.717) is 23.7 Å². The van der Waals surface area contributed by atoms with E-state index < -0.39 is 28.3 Å². The first-order valence-electron chi connectivity index (χ1n) is 10.9. The number of amides is 1. The minimum atomic E-state index is -4.27. The van der Waals surface area contributed by atoms with E-state index in [-0.39, 0.29) is 16.3 Å². The van der Waals surface area contributed by atoms with Gasteiger partial charge in [0.15, 0.2) is 11.5 Å². The smallest absolute Gasteiger partial charge is 0.264 e. The van der Waals surface area contributed by atoms with E-state index in [1.54, 1.807) is 30.3 Å². The second kappa shape index (κ2) is 12.5. The molecule has 0 saturated heterocycles. The fourth-order valence-corrected chi connectivity index (χ4v) is 4.65. The molecule has 0 aliphatic carbocycles. The summed E-state index contributed by atoms with van der Waals surface area (Å²) < 4.78 is 57.3. The molecule has 3 rings (SSSR count). The first kappa shape index (κ1) is 27.2. The summed E-state index contributed by atoms with van der Waals surface area (Å²) in [6.07, 6.45) is 3.01. The normalized spacial score (nSPS) is 11.1. The second-order valence-corrected chi connectivity index (χ2v) is 9.33. The molecule has 0 aliphatic rings. The fraction of sp³-hybridized carbons (Fsp3) is 0.154. The molecular formula is C26H26FN3O6S. The number of halogens is 1. The Bertz CT molecular complexity index is 1380. The van der Waals surface area contributed by atoms with E-state index >= 15 is 0 Å². The number of carbonyl (C=O) groups excluding carboxylic acids is 1. The van der Waals surface area contributed by atoms with Crippen molar-refractivity contribution in [2.24, 2.45) is 5.10 Å². The van der Waals surface area contributed by atoms with Crippen LogP contribution in [0.4, 0.5) is 10.1 Å². The Balaban J connectivity index is 1.84. The summed E-state index contributed by atoms with van der Waals surface area (Å²) in [6.45, 7) is 3.31. The Morgan fingerprint density at radius 3 is 2.46 bits per heavy atom. The summed E-state index contributed by atoms with van der Waals surface area (Å²) in [4.78, 5) is 12.6. The molecule has 0 unspecified atom stereocenters. The fourth-order valence-electron chi connectivity index (χ4n) is 3.21. The van der Waals surface area contributed by atoms with Crippen molar-refractivity contribution in [2.75, 3.05) is 31.7 Å². The van der Waals surface area contributed by atoms with Gasteiger partial charge in [0.1, 0.15) is 24.7 Å². The molecule has 3 aromatic rings. The van der Waals surface area contributed by atoms with Gasteiger partial charge in [-0.1, -0.05) is 24.8 Å². The van der Waals surface area contributed by atoms with E-state index in [1.165, 1.54) is 50.8 Å². The van der Waals surface area contributed by atoms with Crippen LogP contribution in [-0.4, -0.2) is 47.9 Å². The Labute approximate surface area is 214 Å². The van der Waals surface area contributed by atoms with Gasteiger partial charge in [-0.05, 0) is 54.1 Å². The zero-order chi connectivity index (χ0) is 26.8. The maximum absolute atomic E-state index is 13.5. The zero-order valence-corrected chi connectivity index (χ0v) is 21.1. The Kier molecular flexibility index (Phi) is 9.22. The van der Waals surface area contributed by atoms with Crippen LogP contribution in [0.1, 0.15) is 5.56 Å². The predicted molar refractivity (Wildman–Crippen MR) is 138 cm³/mol. The van der Waals surface area contributed by atoms with Gasteiger partial charge in [0.25, 0.3) is 15.9 Å². The van der Waals surface area contributed by atoms with Crippen LogP contribution in [0, 0.1) is 5.82 Å². The molecular weight excluding hydrogens is 501 g/mol. The van der Waals surface area contributed by atoms with E-state index in [9.17, 15) is 17.6 Å². The quantitative estimate of drug-likeness (QED) is 0.218.